The van der Waals surface area contributed by atoms with E-state index in [9.17, 15) is 9.59 Å². The number of hydrogen-bond acceptors (Lipinski definition) is 3. The average molecular weight is 255 g/mol. The lowest BCUT2D eigenvalue weighted by molar-refractivity contribution is -0.131. The molecule has 0 aromatic carbocycles. The Labute approximate surface area is 109 Å². The quantitative estimate of drug-likeness (QED) is 0.752. The van der Waals surface area contributed by atoms with Crippen LogP contribution in [0.1, 0.15) is 40.0 Å². The summed E-state index contributed by atoms with van der Waals surface area (Å²) in [6.45, 7) is 7.80. The van der Waals surface area contributed by atoms with Gasteiger partial charge in [0.15, 0.2) is 0 Å². The Morgan fingerprint density at radius 2 is 1.89 bits per heavy atom. The van der Waals surface area contributed by atoms with Gasteiger partial charge in [-0.3, -0.25) is 9.59 Å². The zero-order chi connectivity index (χ0) is 13.5. The van der Waals surface area contributed by atoms with Crippen molar-refractivity contribution in [2.24, 2.45) is 0 Å². The maximum atomic E-state index is 11.9. The van der Waals surface area contributed by atoms with E-state index in [2.05, 4.69) is 10.6 Å². The first-order chi connectivity index (χ1) is 8.52. The van der Waals surface area contributed by atoms with E-state index in [1.165, 1.54) is 0 Å². The number of amides is 2. The van der Waals surface area contributed by atoms with E-state index in [-0.39, 0.29) is 17.9 Å². The van der Waals surface area contributed by atoms with Gasteiger partial charge in [0, 0.05) is 31.6 Å². The minimum Gasteiger partial charge on any atom is -0.353 e. The first-order valence-corrected chi connectivity index (χ1v) is 6.83. The van der Waals surface area contributed by atoms with Gasteiger partial charge in [0.2, 0.25) is 11.8 Å². The zero-order valence-electron chi connectivity index (χ0n) is 11.7. The molecular formula is C13H25N3O2. The molecule has 104 valence electrons. The molecule has 5 heteroatoms. The lowest BCUT2D eigenvalue weighted by Crippen LogP contribution is -2.48. The van der Waals surface area contributed by atoms with Gasteiger partial charge in [0.05, 0.1) is 6.54 Å². The topological polar surface area (TPSA) is 61.4 Å². The van der Waals surface area contributed by atoms with Gasteiger partial charge >= 0.3 is 0 Å². The molecule has 1 rings (SSSR count). The van der Waals surface area contributed by atoms with Crippen LogP contribution in [-0.2, 0) is 9.59 Å². The molecule has 1 aliphatic heterocycles. The SMILES string of the molecule is CCC(=O)NC1CCN(C(=O)CNC(C)C)CC1. The molecule has 1 heterocycles. The molecule has 0 saturated carbocycles. The van der Waals surface area contributed by atoms with Crippen molar-refractivity contribution in [1.29, 1.82) is 0 Å². The highest BCUT2D eigenvalue weighted by molar-refractivity contribution is 5.78. The van der Waals surface area contributed by atoms with Crippen molar-refractivity contribution >= 4 is 11.8 Å². The lowest BCUT2D eigenvalue weighted by atomic mass is 10.0. The summed E-state index contributed by atoms with van der Waals surface area (Å²) >= 11 is 0. The number of rotatable bonds is 5. The van der Waals surface area contributed by atoms with Crippen LogP contribution in [0, 0.1) is 0 Å². The van der Waals surface area contributed by atoms with Crippen LogP contribution >= 0.6 is 0 Å². The molecule has 2 amide bonds. The third kappa shape index (κ3) is 5.04. The predicted octanol–water partition coefficient (Wildman–Crippen LogP) is 0.502. The van der Waals surface area contributed by atoms with Crippen LogP contribution in [0.5, 0.6) is 0 Å². The summed E-state index contributed by atoms with van der Waals surface area (Å²) in [6, 6.07) is 0.565. The van der Waals surface area contributed by atoms with Crippen LogP contribution in [0.4, 0.5) is 0 Å². The van der Waals surface area contributed by atoms with E-state index in [1.807, 2.05) is 25.7 Å². The third-order valence-corrected chi connectivity index (χ3v) is 3.20. The minimum atomic E-state index is 0.0984. The van der Waals surface area contributed by atoms with Crippen molar-refractivity contribution in [2.45, 2.75) is 52.1 Å². The maximum Gasteiger partial charge on any atom is 0.236 e. The van der Waals surface area contributed by atoms with Crippen molar-refractivity contribution in [3.05, 3.63) is 0 Å². The molecule has 0 spiro atoms. The first-order valence-electron chi connectivity index (χ1n) is 6.83. The summed E-state index contributed by atoms with van der Waals surface area (Å²) in [5, 5.41) is 6.12. The summed E-state index contributed by atoms with van der Waals surface area (Å²) in [7, 11) is 0. The predicted molar refractivity (Wildman–Crippen MR) is 71.2 cm³/mol. The van der Waals surface area contributed by atoms with Gasteiger partial charge in [0.25, 0.3) is 0 Å². The van der Waals surface area contributed by atoms with E-state index in [4.69, 9.17) is 0 Å². The number of hydrogen-bond donors (Lipinski definition) is 2. The van der Waals surface area contributed by atoms with Crippen molar-refractivity contribution in [1.82, 2.24) is 15.5 Å². The molecule has 0 aliphatic carbocycles. The normalized spacial score (nSPS) is 17.0. The second kappa shape index (κ2) is 7.36. The monoisotopic (exact) mass is 255 g/mol. The number of carbonyl (C=O) groups is 2. The van der Waals surface area contributed by atoms with Crippen LogP contribution in [-0.4, -0.2) is 48.4 Å². The number of likely N-dealkylation sites (tertiary alicyclic amines) is 1. The Bertz CT molecular complexity index is 284. The zero-order valence-corrected chi connectivity index (χ0v) is 11.7. The van der Waals surface area contributed by atoms with Gasteiger partial charge < -0.3 is 15.5 Å². The molecule has 0 radical (unpaired) electrons. The van der Waals surface area contributed by atoms with Crippen molar-refractivity contribution < 1.29 is 9.59 Å². The molecular weight excluding hydrogens is 230 g/mol. The summed E-state index contributed by atoms with van der Waals surface area (Å²) in [5.41, 5.74) is 0. The maximum absolute atomic E-state index is 11.9. The summed E-state index contributed by atoms with van der Waals surface area (Å²) in [5.74, 6) is 0.255. The Balaban J connectivity index is 2.26. The number of nitrogens with one attached hydrogen (secondary N) is 2. The second-order valence-electron chi connectivity index (χ2n) is 5.11. The summed E-state index contributed by atoms with van der Waals surface area (Å²) in [4.78, 5) is 25.0. The van der Waals surface area contributed by atoms with Crippen LogP contribution in [0.3, 0.4) is 0 Å². The smallest absolute Gasteiger partial charge is 0.236 e. The van der Waals surface area contributed by atoms with Gasteiger partial charge in [0.1, 0.15) is 0 Å². The van der Waals surface area contributed by atoms with E-state index in [1.54, 1.807) is 0 Å². The van der Waals surface area contributed by atoms with Crippen molar-refractivity contribution in [3.8, 4) is 0 Å². The van der Waals surface area contributed by atoms with Crippen LogP contribution in [0.2, 0.25) is 0 Å². The lowest BCUT2D eigenvalue weighted by Gasteiger charge is -2.32. The van der Waals surface area contributed by atoms with E-state index < -0.39 is 0 Å². The minimum absolute atomic E-state index is 0.0984. The Morgan fingerprint density at radius 1 is 1.28 bits per heavy atom. The first kappa shape index (κ1) is 15.0. The molecule has 0 atom stereocenters. The van der Waals surface area contributed by atoms with Crippen molar-refractivity contribution in [2.75, 3.05) is 19.6 Å². The van der Waals surface area contributed by atoms with E-state index in [0.717, 1.165) is 25.9 Å². The van der Waals surface area contributed by atoms with Gasteiger partial charge in [-0.1, -0.05) is 20.8 Å². The molecule has 0 unspecified atom stereocenters. The highest BCUT2D eigenvalue weighted by Crippen LogP contribution is 2.10. The molecule has 0 aromatic heterocycles. The highest BCUT2D eigenvalue weighted by Gasteiger charge is 2.23. The van der Waals surface area contributed by atoms with E-state index in [0.29, 0.717) is 19.0 Å². The largest absolute Gasteiger partial charge is 0.353 e. The number of nitrogens with zero attached hydrogens (tertiary/aromatic N) is 1. The Kier molecular flexibility index (Phi) is 6.12. The number of carbonyl (C=O) groups excluding carboxylic acids is 2. The molecule has 0 bridgehead atoms. The standard InChI is InChI=1S/C13H25N3O2/c1-4-12(17)15-11-5-7-16(8-6-11)13(18)9-14-10(2)3/h10-11,14H,4-9H2,1-3H3,(H,15,17). The molecule has 1 aliphatic rings. The third-order valence-electron chi connectivity index (χ3n) is 3.20. The molecule has 2 N–H and O–H groups in total. The summed E-state index contributed by atoms with van der Waals surface area (Å²) in [6.07, 6.45) is 2.25. The van der Waals surface area contributed by atoms with Crippen molar-refractivity contribution in [3.63, 3.8) is 0 Å². The second-order valence-corrected chi connectivity index (χ2v) is 5.11. The molecule has 18 heavy (non-hydrogen) atoms. The van der Waals surface area contributed by atoms with Gasteiger partial charge in [-0.25, -0.2) is 0 Å². The highest BCUT2D eigenvalue weighted by atomic mass is 16.2. The van der Waals surface area contributed by atoms with Crippen LogP contribution in [0.25, 0.3) is 0 Å². The van der Waals surface area contributed by atoms with Crippen LogP contribution < -0.4 is 10.6 Å². The molecule has 5 nitrogen and oxygen atoms in total. The fourth-order valence-electron chi connectivity index (χ4n) is 2.01. The number of piperidine rings is 1. The van der Waals surface area contributed by atoms with Gasteiger partial charge in [-0.15, -0.1) is 0 Å². The average Bonchev–Trinajstić information content (AvgIpc) is 2.36. The molecule has 0 aromatic rings. The molecule has 1 saturated heterocycles. The Hall–Kier alpha value is -1.10. The summed E-state index contributed by atoms with van der Waals surface area (Å²) < 4.78 is 0. The fraction of sp³-hybridized carbons (Fsp3) is 0.846. The van der Waals surface area contributed by atoms with Crippen LogP contribution in [0.15, 0.2) is 0 Å². The fourth-order valence-corrected chi connectivity index (χ4v) is 2.01. The molecule has 1 fully saturated rings. The van der Waals surface area contributed by atoms with Gasteiger partial charge in [-0.05, 0) is 12.8 Å². The Morgan fingerprint density at radius 3 is 2.39 bits per heavy atom. The van der Waals surface area contributed by atoms with Gasteiger partial charge in [-0.2, -0.15) is 0 Å². The van der Waals surface area contributed by atoms with E-state index >= 15 is 0 Å².